The molecule has 1 saturated heterocycles. The van der Waals surface area contributed by atoms with Gasteiger partial charge in [0, 0.05) is 69.1 Å². The van der Waals surface area contributed by atoms with Crippen LogP contribution in [0.25, 0.3) is 0 Å². The molecule has 2 aromatic rings. The van der Waals surface area contributed by atoms with E-state index in [2.05, 4.69) is 20.4 Å². The molecule has 1 fully saturated rings. The predicted octanol–water partition coefficient (Wildman–Crippen LogP) is 1.45. The maximum Gasteiger partial charge on any atom is 0.274 e. The van der Waals surface area contributed by atoms with Crippen molar-refractivity contribution in [3.05, 3.63) is 40.7 Å². The fraction of sp³-hybridized carbons (Fsp3) is 0.500. The van der Waals surface area contributed by atoms with Crippen molar-refractivity contribution in [3.8, 4) is 11.5 Å². The molecular weight excluding hydrogens is 394 g/mol. The van der Waals surface area contributed by atoms with Crippen LogP contribution in [-0.2, 0) is 19.5 Å². The molecule has 8 nitrogen and oxygen atoms in total. The predicted molar refractivity (Wildman–Crippen MR) is 112 cm³/mol. The van der Waals surface area contributed by atoms with Gasteiger partial charge >= 0.3 is 0 Å². The lowest BCUT2D eigenvalue weighted by molar-refractivity contribution is 0.0620. The molecule has 2 aliphatic heterocycles. The number of hydrogen-bond acceptors (Lipinski definition) is 6. The Morgan fingerprint density at radius 1 is 1.17 bits per heavy atom. The molecule has 1 aromatic carbocycles. The number of amides is 1. The molecule has 4 rings (SSSR count). The number of H-pyrrole nitrogens is 1. The van der Waals surface area contributed by atoms with Crippen molar-refractivity contribution in [1.82, 2.24) is 25.3 Å². The number of nitrogens with one attached hydrogen (secondary N) is 2. The molecule has 0 spiro atoms. The molecular formula is C20H28ClN5O3. The summed E-state index contributed by atoms with van der Waals surface area (Å²) in [6.45, 7) is 5.43. The van der Waals surface area contributed by atoms with Gasteiger partial charge in [-0.25, -0.2) is 0 Å². The minimum atomic E-state index is 0. The standard InChI is InChI=1S/C20H27N5O3.ClH/c1-27-15-3-4-18(28-2)14(11-15)13-24-7-9-25(10-8-24)20(26)19-16-12-21-6-5-17(16)22-23-19;/h3-4,11,21H,5-10,12-13H2,1-2H3,(H,22,23);1H. The number of hydrogen-bond donors (Lipinski definition) is 2. The lowest BCUT2D eigenvalue weighted by Crippen LogP contribution is -2.48. The summed E-state index contributed by atoms with van der Waals surface area (Å²) in [4.78, 5) is 17.2. The van der Waals surface area contributed by atoms with E-state index < -0.39 is 0 Å². The molecule has 9 heteroatoms. The van der Waals surface area contributed by atoms with Gasteiger partial charge in [0.25, 0.3) is 5.91 Å². The van der Waals surface area contributed by atoms with Crippen LogP contribution >= 0.6 is 12.4 Å². The van der Waals surface area contributed by atoms with Crippen LogP contribution in [0.2, 0.25) is 0 Å². The number of rotatable bonds is 5. The number of nitrogens with zero attached hydrogens (tertiary/aromatic N) is 3. The van der Waals surface area contributed by atoms with Crippen molar-refractivity contribution in [2.75, 3.05) is 46.9 Å². The van der Waals surface area contributed by atoms with Crippen molar-refractivity contribution in [1.29, 1.82) is 0 Å². The van der Waals surface area contributed by atoms with Gasteiger partial charge in [-0.1, -0.05) is 0 Å². The summed E-state index contributed by atoms with van der Waals surface area (Å²) in [6.07, 6.45) is 0.895. The number of ether oxygens (including phenoxy) is 2. The molecule has 0 atom stereocenters. The highest BCUT2D eigenvalue weighted by Crippen LogP contribution is 2.26. The third kappa shape index (κ3) is 4.49. The lowest BCUT2D eigenvalue weighted by Gasteiger charge is -2.34. The van der Waals surface area contributed by atoms with Crippen LogP contribution in [-0.4, -0.2) is 72.8 Å². The number of benzene rings is 1. The summed E-state index contributed by atoms with van der Waals surface area (Å²) in [6, 6.07) is 5.85. The molecule has 3 heterocycles. The molecule has 0 bridgehead atoms. The molecule has 0 saturated carbocycles. The number of methoxy groups -OCH3 is 2. The number of aromatic amines is 1. The van der Waals surface area contributed by atoms with Crippen LogP contribution in [0.3, 0.4) is 0 Å². The fourth-order valence-electron chi connectivity index (χ4n) is 3.91. The fourth-order valence-corrected chi connectivity index (χ4v) is 3.91. The van der Waals surface area contributed by atoms with Crippen molar-refractivity contribution >= 4 is 18.3 Å². The number of piperazine rings is 1. The number of halogens is 1. The molecule has 0 radical (unpaired) electrons. The number of carbonyl (C=O) groups excluding carboxylic acids is 1. The van der Waals surface area contributed by atoms with Crippen LogP contribution in [0, 0.1) is 0 Å². The highest BCUT2D eigenvalue weighted by Gasteiger charge is 2.28. The lowest BCUT2D eigenvalue weighted by atomic mass is 10.1. The van der Waals surface area contributed by atoms with Crippen LogP contribution in [0.15, 0.2) is 18.2 Å². The average molecular weight is 422 g/mol. The first-order valence-electron chi connectivity index (χ1n) is 9.69. The van der Waals surface area contributed by atoms with Crippen LogP contribution in [0.5, 0.6) is 11.5 Å². The zero-order valence-corrected chi connectivity index (χ0v) is 17.7. The maximum atomic E-state index is 12.9. The van der Waals surface area contributed by atoms with Crippen molar-refractivity contribution in [3.63, 3.8) is 0 Å². The Hall–Kier alpha value is -2.29. The van der Waals surface area contributed by atoms with E-state index in [4.69, 9.17) is 9.47 Å². The third-order valence-corrected chi connectivity index (χ3v) is 5.55. The van der Waals surface area contributed by atoms with E-state index in [-0.39, 0.29) is 18.3 Å². The van der Waals surface area contributed by atoms with E-state index in [1.54, 1.807) is 14.2 Å². The second kappa shape index (κ2) is 9.47. The first-order chi connectivity index (χ1) is 13.7. The number of carbonyl (C=O) groups is 1. The molecule has 158 valence electrons. The summed E-state index contributed by atoms with van der Waals surface area (Å²) < 4.78 is 10.8. The largest absolute Gasteiger partial charge is 0.497 e. The molecule has 1 aromatic heterocycles. The Morgan fingerprint density at radius 2 is 1.97 bits per heavy atom. The van der Waals surface area contributed by atoms with Crippen molar-refractivity contribution in [2.24, 2.45) is 0 Å². The monoisotopic (exact) mass is 421 g/mol. The van der Waals surface area contributed by atoms with Gasteiger partial charge in [0.1, 0.15) is 11.5 Å². The summed E-state index contributed by atoms with van der Waals surface area (Å²) in [7, 11) is 3.35. The Labute approximate surface area is 176 Å². The molecule has 0 aliphatic carbocycles. The zero-order valence-electron chi connectivity index (χ0n) is 16.9. The van der Waals surface area contributed by atoms with E-state index in [1.165, 1.54) is 0 Å². The topological polar surface area (TPSA) is 82.7 Å². The molecule has 1 amide bonds. The molecule has 2 N–H and O–H groups in total. The highest BCUT2D eigenvalue weighted by molar-refractivity contribution is 5.94. The van der Waals surface area contributed by atoms with E-state index in [0.717, 1.165) is 60.9 Å². The molecule has 2 aliphatic rings. The Morgan fingerprint density at radius 3 is 2.69 bits per heavy atom. The van der Waals surface area contributed by atoms with E-state index >= 15 is 0 Å². The van der Waals surface area contributed by atoms with E-state index in [9.17, 15) is 4.79 Å². The van der Waals surface area contributed by atoms with Gasteiger partial charge in [-0.15, -0.1) is 12.4 Å². The van der Waals surface area contributed by atoms with Gasteiger partial charge in [0.05, 0.1) is 14.2 Å². The second-order valence-electron chi connectivity index (χ2n) is 7.20. The number of aromatic nitrogens is 2. The van der Waals surface area contributed by atoms with Crippen LogP contribution in [0.4, 0.5) is 0 Å². The van der Waals surface area contributed by atoms with Crippen molar-refractivity contribution < 1.29 is 14.3 Å². The van der Waals surface area contributed by atoms with Gasteiger partial charge in [-0.3, -0.25) is 14.8 Å². The maximum absolute atomic E-state index is 12.9. The van der Waals surface area contributed by atoms with Crippen molar-refractivity contribution in [2.45, 2.75) is 19.5 Å². The van der Waals surface area contributed by atoms with Gasteiger partial charge in [-0.2, -0.15) is 5.10 Å². The smallest absolute Gasteiger partial charge is 0.274 e. The third-order valence-electron chi connectivity index (χ3n) is 5.55. The van der Waals surface area contributed by atoms with E-state index in [0.29, 0.717) is 25.3 Å². The Balaban J connectivity index is 0.00000240. The summed E-state index contributed by atoms with van der Waals surface area (Å²) in [5.41, 5.74) is 3.78. The first kappa shape index (κ1) is 21.4. The van der Waals surface area contributed by atoms with Gasteiger partial charge in [-0.05, 0) is 18.2 Å². The van der Waals surface area contributed by atoms with Gasteiger partial charge in [0.2, 0.25) is 0 Å². The Bertz CT molecular complexity index is 849. The first-order valence-corrected chi connectivity index (χ1v) is 9.69. The summed E-state index contributed by atoms with van der Waals surface area (Å²) in [5.74, 6) is 1.70. The second-order valence-corrected chi connectivity index (χ2v) is 7.20. The molecule has 29 heavy (non-hydrogen) atoms. The van der Waals surface area contributed by atoms with Crippen LogP contribution in [0.1, 0.15) is 27.3 Å². The minimum absolute atomic E-state index is 0. The highest BCUT2D eigenvalue weighted by atomic mass is 35.5. The molecule has 0 unspecified atom stereocenters. The Kier molecular flexibility index (Phi) is 7.00. The zero-order chi connectivity index (χ0) is 19.5. The minimum Gasteiger partial charge on any atom is -0.497 e. The normalized spacial score (nSPS) is 16.7. The quantitative estimate of drug-likeness (QED) is 0.760. The van der Waals surface area contributed by atoms with E-state index in [1.807, 2.05) is 23.1 Å². The summed E-state index contributed by atoms with van der Waals surface area (Å²) >= 11 is 0. The van der Waals surface area contributed by atoms with Crippen LogP contribution < -0.4 is 14.8 Å². The van der Waals surface area contributed by atoms with Gasteiger partial charge < -0.3 is 19.7 Å². The number of fused-ring (bicyclic) bond motifs is 1. The summed E-state index contributed by atoms with van der Waals surface area (Å²) in [5, 5.41) is 10.7. The van der Waals surface area contributed by atoms with Gasteiger partial charge in [0.15, 0.2) is 5.69 Å². The average Bonchev–Trinajstić information content (AvgIpc) is 3.18. The SMILES string of the molecule is COc1ccc(OC)c(CN2CCN(C(=O)c3n[nH]c4c3CNCC4)CC2)c1.Cl.